The van der Waals surface area contributed by atoms with Gasteiger partial charge in [-0.15, -0.1) is 0 Å². The lowest BCUT2D eigenvalue weighted by atomic mass is 10.1. The molecule has 0 bridgehead atoms. The van der Waals surface area contributed by atoms with Crippen molar-refractivity contribution in [3.63, 3.8) is 0 Å². The highest BCUT2D eigenvalue weighted by atomic mass is 79.9. The molecule has 3 nitrogen and oxygen atoms in total. The molecule has 0 aliphatic rings. The quantitative estimate of drug-likeness (QED) is 0.701. The molecule has 0 atom stereocenters. The third-order valence-corrected chi connectivity index (χ3v) is 3.64. The highest BCUT2D eigenvalue weighted by Gasteiger charge is 2.17. The minimum Gasteiger partial charge on any atom is -0.495 e. The van der Waals surface area contributed by atoms with E-state index in [1.54, 1.807) is 37.4 Å². The molecule has 0 N–H and O–H groups in total. The number of hydrogen-bond donors (Lipinski definition) is 0. The molecule has 0 saturated heterocycles. The molecule has 3 aromatic rings. The number of hydrogen-bond acceptors (Lipinski definition) is 3. The van der Waals surface area contributed by atoms with E-state index in [0.29, 0.717) is 27.1 Å². The molecule has 0 fully saturated rings. The van der Waals surface area contributed by atoms with Gasteiger partial charge in [-0.2, -0.15) is 0 Å². The molecule has 0 spiro atoms. The smallest absolute Gasteiger partial charge is 0.185 e. The summed E-state index contributed by atoms with van der Waals surface area (Å²) in [6.45, 7) is 0. The fourth-order valence-electron chi connectivity index (χ4n) is 1.96. The minimum absolute atomic E-state index is 0.329. The van der Waals surface area contributed by atoms with E-state index in [1.165, 1.54) is 6.07 Å². The van der Waals surface area contributed by atoms with Crippen LogP contribution in [0.4, 0.5) is 4.39 Å². The third-order valence-electron chi connectivity index (χ3n) is 2.89. The molecule has 1 heterocycles. The minimum atomic E-state index is -0.329. The van der Waals surface area contributed by atoms with Crippen molar-refractivity contribution in [3.05, 3.63) is 46.7 Å². The lowest BCUT2D eigenvalue weighted by molar-refractivity contribution is 0.408. The van der Waals surface area contributed by atoms with Crippen molar-refractivity contribution in [2.45, 2.75) is 0 Å². The van der Waals surface area contributed by atoms with Gasteiger partial charge in [0.1, 0.15) is 21.7 Å². The maximum Gasteiger partial charge on any atom is 0.185 e. The number of rotatable bonds is 2. The van der Waals surface area contributed by atoms with E-state index in [-0.39, 0.29) is 5.82 Å². The molecule has 0 aliphatic carbocycles. The molecule has 2 aromatic carbocycles. The van der Waals surface area contributed by atoms with Crippen LogP contribution in [0.2, 0.25) is 0 Å². The number of halogens is 2. The van der Waals surface area contributed by atoms with Crippen LogP contribution in [0, 0.1) is 5.82 Å². The zero-order chi connectivity index (χ0) is 13.4. The van der Waals surface area contributed by atoms with Crippen molar-refractivity contribution in [1.82, 2.24) is 5.16 Å². The van der Waals surface area contributed by atoms with Gasteiger partial charge in [-0.1, -0.05) is 17.3 Å². The monoisotopic (exact) mass is 321 g/mol. The van der Waals surface area contributed by atoms with Crippen LogP contribution in [0.1, 0.15) is 0 Å². The largest absolute Gasteiger partial charge is 0.495 e. The fraction of sp³-hybridized carbons (Fsp3) is 0.0714. The van der Waals surface area contributed by atoms with E-state index in [0.717, 1.165) is 5.39 Å². The van der Waals surface area contributed by atoms with Crippen LogP contribution in [0.5, 0.6) is 5.75 Å². The molecule has 0 radical (unpaired) electrons. The molecule has 0 aliphatic heterocycles. The van der Waals surface area contributed by atoms with Gasteiger partial charge in [-0.05, 0) is 40.2 Å². The summed E-state index contributed by atoms with van der Waals surface area (Å²) in [5.74, 6) is 0.313. The van der Waals surface area contributed by atoms with Gasteiger partial charge in [-0.25, -0.2) is 4.39 Å². The van der Waals surface area contributed by atoms with Gasteiger partial charge in [0.05, 0.1) is 12.5 Å². The maximum atomic E-state index is 13.8. The highest BCUT2D eigenvalue weighted by molar-refractivity contribution is 9.10. The van der Waals surface area contributed by atoms with Gasteiger partial charge < -0.3 is 9.26 Å². The molecule has 96 valence electrons. The number of nitrogens with zero attached hydrogens (tertiary/aromatic N) is 1. The Labute approximate surface area is 117 Å². The first kappa shape index (κ1) is 12.2. The van der Waals surface area contributed by atoms with E-state index in [2.05, 4.69) is 21.1 Å². The van der Waals surface area contributed by atoms with E-state index in [4.69, 9.17) is 9.26 Å². The predicted molar refractivity (Wildman–Crippen MR) is 73.7 cm³/mol. The SMILES string of the molecule is COc1ccc2c(-c3ccccc3F)noc2c1Br. The van der Waals surface area contributed by atoms with Gasteiger partial charge in [0.25, 0.3) is 0 Å². The average Bonchev–Trinajstić information content (AvgIpc) is 2.84. The summed E-state index contributed by atoms with van der Waals surface area (Å²) in [5, 5.41) is 4.70. The number of methoxy groups -OCH3 is 1. The van der Waals surface area contributed by atoms with Crippen LogP contribution in [-0.4, -0.2) is 12.3 Å². The molecule has 0 saturated carbocycles. The van der Waals surface area contributed by atoms with E-state index < -0.39 is 0 Å². The predicted octanol–water partition coefficient (Wildman–Crippen LogP) is 4.41. The first-order chi connectivity index (χ1) is 9.22. The summed E-state index contributed by atoms with van der Waals surface area (Å²) < 4.78 is 24.9. The van der Waals surface area contributed by atoms with Crippen molar-refractivity contribution in [2.24, 2.45) is 0 Å². The zero-order valence-electron chi connectivity index (χ0n) is 9.98. The summed E-state index contributed by atoms with van der Waals surface area (Å²) in [5.41, 5.74) is 1.44. The Kier molecular flexibility index (Phi) is 2.98. The molecule has 5 heteroatoms. The summed E-state index contributed by atoms with van der Waals surface area (Å²) in [6, 6.07) is 10.1. The Bertz CT molecular complexity index is 754. The Morgan fingerprint density at radius 3 is 2.74 bits per heavy atom. The first-order valence-electron chi connectivity index (χ1n) is 5.59. The maximum absolute atomic E-state index is 13.8. The van der Waals surface area contributed by atoms with Crippen molar-refractivity contribution >= 4 is 26.9 Å². The van der Waals surface area contributed by atoms with Gasteiger partial charge >= 0.3 is 0 Å². The van der Waals surface area contributed by atoms with Gasteiger partial charge in [0.15, 0.2) is 5.58 Å². The van der Waals surface area contributed by atoms with Crippen molar-refractivity contribution < 1.29 is 13.7 Å². The van der Waals surface area contributed by atoms with Crippen molar-refractivity contribution in [3.8, 4) is 17.0 Å². The van der Waals surface area contributed by atoms with Crippen LogP contribution in [0.25, 0.3) is 22.2 Å². The van der Waals surface area contributed by atoms with E-state index >= 15 is 0 Å². The molecule has 1 aromatic heterocycles. The van der Waals surface area contributed by atoms with Crippen LogP contribution in [0.3, 0.4) is 0 Å². The summed E-state index contributed by atoms with van der Waals surface area (Å²) in [4.78, 5) is 0. The van der Waals surface area contributed by atoms with Crippen LogP contribution < -0.4 is 4.74 Å². The Morgan fingerprint density at radius 2 is 2.00 bits per heavy atom. The second kappa shape index (κ2) is 4.66. The summed E-state index contributed by atoms with van der Waals surface area (Å²) in [7, 11) is 1.57. The summed E-state index contributed by atoms with van der Waals surface area (Å²) >= 11 is 3.39. The number of benzene rings is 2. The van der Waals surface area contributed by atoms with E-state index in [9.17, 15) is 4.39 Å². The van der Waals surface area contributed by atoms with Gasteiger partial charge in [0.2, 0.25) is 0 Å². The Hall–Kier alpha value is -1.88. The van der Waals surface area contributed by atoms with Crippen molar-refractivity contribution in [1.29, 1.82) is 0 Å². The lowest BCUT2D eigenvalue weighted by Gasteiger charge is -2.02. The summed E-state index contributed by atoms with van der Waals surface area (Å²) in [6.07, 6.45) is 0. The number of ether oxygens (including phenoxy) is 1. The van der Waals surface area contributed by atoms with Crippen LogP contribution in [0.15, 0.2) is 45.4 Å². The van der Waals surface area contributed by atoms with Gasteiger partial charge in [-0.3, -0.25) is 0 Å². The normalized spacial score (nSPS) is 10.9. The number of aromatic nitrogens is 1. The number of fused-ring (bicyclic) bond motifs is 1. The second-order valence-corrected chi connectivity index (χ2v) is 4.76. The standard InChI is InChI=1S/C14H9BrFNO2/c1-18-11-7-6-9-13(17-19-14(9)12(11)15)8-4-2-3-5-10(8)16/h2-7H,1H3. The Morgan fingerprint density at radius 1 is 1.21 bits per heavy atom. The molecule has 19 heavy (non-hydrogen) atoms. The van der Waals surface area contributed by atoms with Crippen LogP contribution >= 0.6 is 15.9 Å². The average molecular weight is 322 g/mol. The van der Waals surface area contributed by atoms with E-state index in [1.807, 2.05) is 0 Å². The molecule has 3 rings (SSSR count). The highest BCUT2D eigenvalue weighted by Crippen LogP contribution is 2.37. The zero-order valence-corrected chi connectivity index (χ0v) is 11.6. The fourth-order valence-corrected chi connectivity index (χ4v) is 2.54. The molecular weight excluding hydrogens is 313 g/mol. The van der Waals surface area contributed by atoms with Crippen molar-refractivity contribution in [2.75, 3.05) is 7.11 Å². The third kappa shape index (κ3) is 1.90. The van der Waals surface area contributed by atoms with Crippen LogP contribution in [-0.2, 0) is 0 Å². The molecular formula is C14H9BrFNO2. The molecule has 0 unspecified atom stereocenters. The Balaban J connectivity index is 2.28. The first-order valence-corrected chi connectivity index (χ1v) is 6.38. The topological polar surface area (TPSA) is 35.3 Å². The molecule has 0 amide bonds. The lowest BCUT2D eigenvalue weighted by Crippen LogP contribution is -1.85. The van der Waals surface area contributed by atoms with Gasteiger partial charge in [0, 0.05) is 5.56 Å². The second-order valence-electron chi connectivity index (χ2n) is 3.97.